The Morgan fingerprint density at radius 1 is 1.30 bits per heavy atom. The van der Waals surface area contributed by atoms with E-state index in [4.69, 9.17) is 0 Å². The maximum absolute atomic E-state index is 9.93. The van der Waals surface area contributed by atoms with Crippen LogP contribution in [-0.4, -0.2) is 16.3 Å². The molecule has 54 valence electrons. The molecular weight excluding hydrogens is 128 g/mol. The van der Waals surface area contributed by atoms with Crippen molar-refractivity contribution in [3.05, 3.63) is 24.3 Å². The van der Waals surface area contributed by atoms with Crippen molar-refractivity contribution in [3.63, 3.8) is 0 Å². The van der Waals surface area contributed by atoms with Gasteiger partial charge in [0.25, 0.3) is 0 Å². The highest BCUT2D eigenvalue weighted by Gasteiger charge is 1.82. The average Bonchev–Trinajstić information content (AvgIpc) is 2.10. The van der Waals surface area contributed by atoms with Crippen LogP contribution in [0.5, 0.6) is 0 Å². The summed E-state index contributed by atoms with van der Waals surface area (Å²) in [6.45, 7) is 4.00. The van der Waals surface area contributed by atoms with Crippen molar-refractivity contribution >= 4 is 6.29 Å². The highest BCUT2D eigenvalue weighted by Crippen LogP contribution is 1.83. The molecule has 0 N–H and O–H groups in total. The quantitative estimate of drug-likeness (QED) is 0.549. The molecule has 0 aromatic carbocycles. The van der Waals surface area contributed by atoms with Crippen molar-refractivity contribution < 1.29 is 4.79 Å². The van der Waals surface area contributed by atoms with Gasteiger partial charge in [-0.1, -0.05) is 13.8 Å². The van der Waals surface area contributed by atoms with Gasteiger partial charge in [-0.3, -0.25) is 4.79 Å². The Hall–Kier alpha value is -1.25. The molecular formula is C7H10N2O. The van der Waals surface area contributed by atoms with Crippen LogP contribution in [0.1, 0.15) is 24.2 Å². The molecule has 0 amide bonds. The van der Waals surface area contributed by atoms with Gasteiger partial charge in [0.05, 0.1) is 5.56 Å². The van der Waals surface area contributed by atoms with Gasteiger partial charge in [0.2, 0.25) is 0 Å². The molecule has 1 aromatic heterocycles. The first-order valence-electron chi connectivity index (χ1n) is 3.13. The third-order valence-electron chi connectivity index (χ3n) is 0.717. The van der Waals surface area contributed by atoms with E-state index in [1.807, 2.05) is 13.8 Å². The Morgan fingerprint density at radius 3 is 2.10 bits per heavy atom. The normalized spacial score (nSPS) is 7.40. The summed E-state index contributed by atoms with van der Waals surface area (Å²) < 4.78 is 0. The highest BCUT2D eigenvalue weighted by atomic mass is 16.1. The Morgan fingerprint density at radius 2 is 1.80 bits per heavy atom. The van der Waals surface area contributed by atoms with Crippen LogP contribution >= 0.6 is 0 Å². The van der Waals surface area contributed by atoms with Crippen LogP contribution in [-0.2, 0) is 0 Å². The second-order valence-electron chi connectivity index (χ2n) is 1.29. The van der Waals surface area contributed by atoms with Crippen molar-refractivity contribution in [3.8, 4) is 0 Å². The van der Waals surface area contributed by atoms with Gasteiger partial charge in [0.1, 0.15) is 6.33 Å². The Bertz CT molecular complexity index is 174. The molecule has 3 nitrogen and oxygen atoms in total. The van der Waals surface area contributed by atoms with E-state index >= 15 is 0 Å². The second kappa shape index (κ2) is 5.88. The number of rotatable bonds is 1. The van der Waals surface area contributed by atoms with Crippen LogP contribution in [0.15, 0.2) is 18.7 Å². The fourth-order valence-electron chi connectivity index (χ4n) is 0.371. The Labute approximate surface area is 60.1 Å². The number of aldehydes is 1. The minimum absolute atomic E-state index is 0.507. The van der Waals surface area contributed by atoms with E-state index in [1.54, 1.807) is 0 Å². The van der Waals surface area contributed by atoms with Gasteiger partial charge >= 0.3 is 0 Å². The van der Waals surface area contributed by atoms with Crippen LogP contribution in [0.2, 0.25) is 0 Å². The van der Waals surface area contributed by atoms with E-state index in [-0.39, 0.29) is 0 Å². The van der Waals surface area contributed by atoms with Gasteiger partial charge in [-0.25, -0.2) is 9.97 Å². The van der Waals surface area contributed by atoms with Gasteiger partial charge in [-0.05, 0) is 0 Å². The van der Waals surface area contributed by atoms with Gasteiger partial charge < -0.3 is 0 Å². The topological polar surface area (TPSA) is 42.9 Å². The molecule has 0 unspecified atom stereocenters. The van der Waals surface area contributed by atoms with Crippen LogP contribution < -0.4 is 0 Å². The predicted octanol–water partition coefficient (Wildman–Crippen LogP) is 1.32. The molecule has 3 heteroatoms. The summed E-state index contributed by atoms with van der Waals surface area (Å²) in [4.78, 5) is 17.2. The summed E-state index contributed by atoms with van der Waals surface area (Å²) in [6, 6.07) is 0. The van der Waals surface area contributed by atoms with Crippen LogP contribution in [0.3, 0.4) is 0 Å². The molecule has 1 rings (SSSR count). The molecule has 0 aliphatic rings. The summed E-state index contributed by atoms with van der Waals surface area (Å²) in [7, 11) is 0. The van der Waals surface area contributed by atoms with E-state index in [1.165, 1.54) is 18.7 Å². The molecule has 0 aliphatic carbocycles. The van der Waals surface area contributed by atoms with Crippen molar-refractivity contribution in [2.75, 3.05) is 0 Å². The molecule has 0 bridgehead atoms. The summed E-state index contributed by atoms with van der Waals surface area (Å²) >= 11 is 0. The third-order valence-corrected chi connectivity index (χ3v) is 0.717. The molecule has 0 fully saturated rings. The number of carbonyl (C=O) groups is 1. The molecule has 1 heterocycles. The molecule has 0 atom stereocenters. The standard InChI is InChI=1S/C5H4N2O.C2H6/c8-3-5-1-6-4-7-2-5;1-2/h1-4H;1-2H3. The average molecular weight is 138 g/mol. The van der Waals surface area contributed by atoms with E-state index in [2.05, 4.69) is 9.97 Å². The van der Waals surface area contributed by atoms with Gasteiger partial charge in [0.15, 0.2) is 6.29 Å². The van der Waals surface area contributed by atoms with Crippen molar-refractivity contribution in [1.29, 1.82) is 0 Å². The molecule has 1 aromatic rings. The lowest BCUT2D eigenvalue weighted by atomic mass is 10.4. The van der Waals surface area contributed by atoms with Gasteiger partial charge in [0, 0.05) is 12.4 Å². The van der Waals surface area contributed by atoms with Crippen LogP contribution in [0.25, 0.3) is 0 Å². The van der Waals surface area contributed by atoms with E-state index in [0.717, 1.165) is 0 Å². The number of hydrogen-bond donors (Lipinski definition) is 0. The minimum Gasteiger partial charge on any atom is -0.298 e. The lowest BCUT2D eigenvalue weighted by Gasteiger charge is -1.80. The summed E-state index contributed by atoms with van der Waals surface area (Å²) in [5.74, 6) is 0. The minimum atomic E-state index is 0.507. The Balaban J connectivity index is 0.000000371. The molecule has 10 heavy (non-hydrogen) atoms. The second-order valence-corrected chi connectivity index (χ2v) is 1.29. The van der Waals surface area contributed by atoms with E-state index < -0.39 is 0 Å². The van der Waals surface area contributed by atoms with Crippen LogP contribution in [0, 0.1) is 0 Å². The van der Waals surface area contributed by atoms with Gasteiger partial charge in [-0.2, -0.15) is 0 Å². The van der Waals surface area contributed by atoms with Crippen molar-refractivity contribution in [2.24, 2.45) is 0 Å². The summed E-state index contributed by atoms with van der Waals surface area (Å²) in [6.07, 6.45) is 5.01. The number of nitrogens with zero attached hydrogens (tertiary/aromatic N) is 2. The third kappa shape index (κ3) is 2.91. The van der Waals surface area contributed by atoms with Gasteiger partial charge in [-0.15, -0.1) is 0 Å². The zero-order valence-corrected chi connectivity index (χ0v) is 6.11. The zero-order chi connectivity index (χ0) is 7.82. The SMILES string of the molecule is CC.O=Cc1cncnc1. The fraction of sp³-hybridized carbons (Fsp3) is 0.286. The van der Waals surface area contributed by atoms with E-state index in [9.17, 15) is 4.79 Å². The summed E-state index contributed by atoms with van der Waals surface area (Å²) in [5, 5.41) is 0. The van der Waals surface area contributed by atoms with Crippen molar-refractivity contribution in [1.82, 2.24) is 9.97 Å². The maximum Gasteiger partial charge on any atom is 0.153 e. The molecule has 0 radical (unpaired) electrons. The zero-order valence-electron chi connectivity index (χ0n) is 6.11. The fourth-order valence-corrected chi connectivity index (χ4v) is 0.371. The molecule has 0 saturated carbocycles. The summed E-state index contributed by atoms with van der Waals surface area (Å²) in [5.41, 5.74) is 0.507. The maximum atomic E-state index is 9.93. The monoisotopic (exact) mass is 138 g/mol. The first kappa shape index (κ1) is 8.75. The largest absolute Gasteiger partial charge is 0.298 e. The smallest absolute Gasteiger partial charge is 0.153 e. The van der Waals surface area contributed by atoms with Crippen LogP contribution in [0.4, 0.5) is 0 Å². The lowest BCUT2D eigenvalue weighted by molar-refractivity contribution is 0.112. The number of aromatic nitrogens is 2. The first-order valence-corrected chi connectivity index (χ1v) is 3.13. The number of hydrogen-bond acceptors (Lipinski definition) is 3. The van der Waals surface area contributed by atoms with Crippen molar-refractivity contribution in [2.45, 2.75) is 13.8 Å². The predicted molar refractivity (Wildman–Crippen MR) is 38.8 cm³/mol. The lowest BCUT2D eigenvalue weighted by Crippen LogP contribution is -1.81. The first-order chi connectivity index (χ1) is 4.93. The number of carbonyl (C=O) groups excluding carboxylic acids is 1. The highest BCUT2D eigenvalue weighted by molar-refractivity contribution is 5.73. The molecule has 0 aliphatic heterocycles. The van der Waals surface area contributed by atoms with E-state index in [0.29, 0.717) is 11.8 Å². The Kier molecular flexibility index (Phi) is 5.14. The molecule has 0 spiro atoms. The molecule has 0 saturated heterocycles.